The van der Waals surface area contributed by atoms with Gasteiger partial charge in [-0.1, -0.05) is 17.7 Å². The van der Waals surface area contributed by atoms with Crippen LogP contribution in [0, 0.1) is 20.8 Å². The zero-order valence-electron chi connectivity index (χ0n) is 15.9. The number of phenolic OH excluding ortho intramolecular Hbond substituents is 1. The first-order valence-corrected chi connectivity index (χ1v) is 9.00. The van der Waals surface area contributed by atoms with Gasteiger partial charge in [0.05, 0.1) is 5.56 Å². The lowest BCUT2D eigenvalue weighted by Crippen LogP contribution is -2.11. The van der Waals surface area contributed by atoms with E-state index in [4.69, 9.17) is 4.42 Å². The molecule has 1 amide bonds. The minimum atomic E-state index is -0.222. The lowest BCUT2D eigenvalue weighted by molar-refractivity contribution is 0.102. The predicted molar refractivity (Wildman–Crippen MR) is 110 cm³/mol. The molecule has 5 heteroatoms. The van der Waals surface area contributed by atoms with E-state index in [0.717, 1.165) is 22.2 Å². The molecule has 2 N–H and O–H groups in total. The van der Waals surface area contributed by atoms with Crippen molar-refractivity contribution < 1.29 is 14.3 Å². The van der Waals surface area contributed by atoms with Crippen molar-refractivity contribution in [2.75, 3.05) is 5.32 Å². The summed E-state index contributed by atoms with van der Waals surface area (Å²) in [5.74, 6) is 0.123. The van der Waals surface area contributed by atoms with Gasteiger partial charge >= 0.3 is 0 Å². The Bertz CT molecular complexity index is 1150. The van der Waals surface area contributed by atoms with E-state index in [1.165, 1.54) is 6.07 Å². The number of aryl methyl sites for hydroxylation is 3. The number of carbonyl (C=O) groups excluding carboxylic acids is 1. The molecule has 0 atom stereocenters. The minimum absolute atomic E-state index is 0.0355. The van der Waals surface area contributed by atoms with Crippen molar-refractivity contribution in [1.29, 1.82) is 0 Å². The highest BCUT2D eigenvalue weighted by molar-refractivity contribution is 6.04. The summed E-state index contributed by atoms with van der Waals surface area (Å²) < 4.78 is 5.84. The summed E-state index contributed by atoms with van der Waals surface area (Å²) in [5, 5.41) is 13.1. The number of rotatable bonds is 3. The van der Waals surface area contributed by atoms with Gasteiger partial charge in [-0.15, -0.1) is 0 Å². The molecule has 1 heterocycles. The van der Waals surface area contributed by atoms with Crippen LogP contribution in [0.4, 0.5) is 5.69 Å². The molecule has 0 aliphatic heterocycles. The van der Waals surface area contributed by atoms with Crippen molar-refractivity contribution in [1.82, 2.24) is 4.98 Å². The molecule has 3 aromatic carbocycles. The third-order valence-corrected chi connectivity index (χ3v) is 4.80. The van der Waals surface area contributed by atoms with Crippen molar-refractivity contribution in [2.45, 2.75) is 20.8 Å². The molecule has 0 spiro atoms. The van der Waals surface area contributed by atoms with Crippen LogP contribution in [0.3, 0.4) is 0 Å². The largest absolute Gasteiger partial charge is 0.507 e. The number of oxazole rings is 1. The van der Waals surface area contributed by atoms with Crippen LogP contribution in [0.25, 0.3) is 22.6 Å². The molecule has 0 unspecified atom stereocenters. The SMILES string of the molecule is Cc1ccc(C(=O)Nc2ccc(O)c(-c3nc4cc(C)c(C)cc4o3)c2)cc1. The van der Waals surface area contributed by atoms with Gasteiger partial charge in [-0.25, -0.2) is 4.98 Å². The standard InChI is InChI=1S/C23H20N2O3/c1-13-4-6-16(7-5-13)22(27)24-17-8-9-20(26)18(12-17)23-25-19-10-14(2)15(3)11-21(19)28-23/h4-12,26H,1-3H3,(H,24,27). The Balaban J connectivity index is 1.67. The summed E-state index contributed by atoms with van der Waals surface area (Å²) in [6, 6.07) is 16.0. The minimum Gasteiger partial charge on any atom is -0.507 e. The third kappa shape index (κ3) is 3.34. The lowest BCUT2D eigenvalue weighted by atomic mass is 10.1. The molecule has 0 bridgehead atoms. The Morgan fingerprint density at radius 3 is 2.43 bits per heavy atom. The van der Waals surface area contributed by atoms with Gasteiger partial charge in [0.15, 0.2) is 5.58 Å². The molecular weight excluding hydrogens is 352 g/mol. The van der Waals surface area contributed by atoms with Crippen LogP contribution in [-0.4, -0.2) is 16.0 Å². The monoisotopic (exact) mass is 372 g/mol. The third-order valence-electron chi connectivity index (χ3n) is 4.80. The predicted octanol–water partition coefficient (Wildman–Crippen LogP) is 5.38. The first-order chi connectivity index (χ1) is 13.4. The number of nitrogens with zero attached hydrogens (tertiary/aromatic N) is 1. The fourth-order valence-corrected chi connectivity index (χ4v) is 2.99. The van der Waals surface area contributed by atoms with Gasteiger partial charge in [0, 0.05) is 11.3 Å². The van der Waals surface area contributed by atoms with E-state index in [9.17, 15) is 9.90 Å². The number of amides is 1. The first kappa shape index (κ1) is 17.8. The van der Waals surface area contributed by atoms with E-state index in [-0.39, 0.29) is 11.7 Å². The normalized spacial score (nSPS) is 11.0. The molecule has 28 heavy (non-hydrogen) atoms. The number of benzene rings is 3. The second-order valence-electron chi connectivity index (χ2n) is 6.98. The first-order valence-electron chi connectivity index (χ1n) is 9.00. The fraction of sp³-hybridized carbons (Fsp3) is 0.130. The Morgan fingerprint density at radius 1 is 0.964 bits per heavy atom. The highest BCUT2D eigenvalue weighted by atomic mass is 16.3. The number of anilines is 1. The summed E-state index contributed by atoms with van der Waals surface area (Å²) in [6.45, 7) is 5.99. The number of aromatic hydroxyl groups is 1. The number of carbonyl (C=O) groups is 1. The van der Waals surface area contributed by atoms with Crippen LogP contribution in [0.5, 0.6) is 5.75 Å². The summed E-state index contributed by atoms with van der Waals surface area (Å²) >= 11 is 0. The number of aromatic nitrogens is 1. The van der Waals surface area contributed by atoms with Gasteiger partial charge in [-0.2, -0.15) is 0 Å². The van der Waals surface area contributed by atoms with Crippen molar-refractivity contribution >= 4 is 22.7 Å². The maximum Gasteiger partial charge on any atom is 0.255 e. The average Bonchev–Trinajstić information content (AvgIpc) is 3.06. The molecule has 4 rings (SSSR count). The maximum atomic E-state index is 12.5. The molecule has 0 fully saturated rings. The van der Waals surface area contributed by atoms with Crippen LogP contribution in [0.1, 0.15) is 27.0 Å². The average molecular weight is 372 g/mol. The molecule has 1 aromatic heterocycles. The van der Waals surface area contributed by atoms with Gasteiger partial charge in [0.1, 0.15) is 11.3 Å². The van der Waals surface area contributed by atoms with Crippen molar-refractivity contribution in [3.8, 4) is 17.2 Å². The zero-order chi connectivity index (χ0) is 19.8. The molecule has 140 valence electrons. The second kappa shape index (κ2) is 6.85. The number of hydrogen-bond donors (Lipinski definition) is 2. The fourth-order valence-electron chi connectivity index (χ4n) is 2.99. The van der Waals surface area contributed by atoms with Gasteiger partial charge in [-0.05, 0) is 74.4 Å². The summed E-state index contributed by atoms with van der Waals surface area (Å²) in [6.07, 6.45) is 0. The van der Waals surface area contributed by atoms with Gasteiger partial charge in [0.2, 0.25) is 5.89 Å². The number of phenols is 1. The molecule has 0 saturated carbocycles. The van der Waals surface area contributed by atoms with Crippen molar-refractivity contribution in [3.63, 3.8) is 0 Å². The second-order valence-corrected chi connectivity index (χ2v) is 6.98. The lowest BCUT2D eigenvalue weighted by Gasteiger charge is -2.08. The molecular formula is C23H20N2O3. The summed E-state index contributed by atoms with van der Waals surface area (Å²) in [4.78, 5) is 17.0. The van der Waals surface area contributed by atoms with Crippen LogP contribution in [0.15, 0.2) is 59.0 Å². The summed E-state index contributed by atoms with van der Waals surface area (Å²) in [5.41, 5.74) is 6.24. The molecule has 0 saturated heterocycles. The molecule has 4 aromatic rings. The van der Waals surface area contributed by atoms with Crippen LogP contribution in [0.2, 0.25) is 0 Å². The van der Waals surface area contributed by atoms with Gasteiger partial charge in [-0.3, -0.25) is 4.79 Å². The van der Waals surface area contributed by atoms with Crippen LogP contribution in [-0.2, 0) is 0 Å². The van der Waals surface area contributed by atoms with E-state index in [0.29, 0.717) is 28.3 Å². The van der Waals surface area contributed by atoms with Crippen molar-refractivity contribution in [3.05, 3.63) is 76.9 Å². The van der Waals surface area contributed by atoms with E-state index in [1.54, 1.807) is 24.3 Å². The van der Waals surface area contributed by atoms with Gasteiger partial charge in [0.25, 0.3) is 5.91 Å². The summed E-state index contributed by atoms with van der Waals surface area (Å²) in [7, 11) is 0. The Morgan fingerprint density at radius 2 is 1.68 bits per heavy atom. The zero-order valence-corrected chi connectivity index (χ0v) is 15.9. The Labute approximate surface area is 162 Å². The molecule has 0 aliphatic carbocycles. The Kier molecular flexibility index (Phi) is 4.35. The van der Waals surface area contributed by atoms with Crippen LogP contribution >= 0.6 is 0 Å². The maximum absolute atomic E-state index is 12.5. The quantitative estimate of drug-likeness (QED) is 0.474. The van der Waals surface area contributed by atoms with E-state index < -0.39 is 0 Å². The van der Waals surface area contributed by atoms with Crippen LogP contribution < -0.4 is 5.32 Å². The molecule has 0 aliphatic rings. The molecule has 5 nitrogen and oxygen atoms in total. The highest BCUT2D eigenvalue weighted by Crippen LogP contribution is 2.34. The highest BCUT2D eigenvalue weighted by Gasteiger charge is 2.15. The van der Waals surface area contributed by atoms with E-state index in [1.807, 2.05) is 45.0 Å². The van der Waals surface area contributed by atoms with Gasteiger partial charge < -0.3 is 14.8 Å². The Hall–Kier alpha value is -3.60. The smallest absolute Gasteiger partial charge is 0.255 e. The number of fused-ring (bicyclic) bond motifs is 1. The van der Waals surface area contributed by atoms with E-state index >= 15 is 0 Å². The molecule has 0 radical (unpaired) electrons. The van der Waals surface area contributed by atoms with E-state index in [2.05, 4.69) is 10.3 Å². The number of nitrogens with one attached hydrogen (secondary N) is 1. The topological polar surface area (TPSA) is 75.4 Å². The number of hydrogen-bond acceptors (Lipinski definition) is 4. The van der Waals surface area contributed by atoms with Crippen molar-refractivity contribution in [2.24, 2.45) is 0 Å².